The normalized spacial score (nSPS) is 11.1. The second-order valence-electron chi connectivity index (χ2n) is 4.05. The van der Waals surface area contributed by atoms with Crippen LogP contribution < -0.4 is 0 Å². The van der Waals surface area contributed by atoms with Gasteiger partial charge in [0.05, 0.1) is 7.11 Å². The largest absolute Gasteiger partial charge is 0.517 e. The molecule has 0 unspecified atom stereocenters. The van der Waals surface area contributed by atoms with E-state index in [9.17, 15) is 14.4 Å². The van der Waals surface area contributed by atoms with Gasteiger partial charge in [0.25, 0.3) is 0 Å². The number of hydrogen-bond donors (Lipinski definition) is 0. The first-order chi connectivity index (χ1) is 7.74. The van der Waals surface area contributed by atoms with Crippen LogP contribution in [0.5, 0.6) is 0 Å². The summed E-state index contributed by atoms with van der Waals surface area (Å²) in [6.45, 7) is 5.05. The quantitative estimate of drug-likeness (QED) is 0.410. The predicted octanol–water partition coefficient (Wildman–Crippen LogP) is 0.637. The van der Waals surface area contributed by atoms with Crippen molar-refractivity contribution in [1.29, 1.82) is 0 Å². The summed E-state index contributed by atoms with van der Waals surface area (Å²) < 4.78 is 13.9. The van der Waals surface area contributed by atoms with Crippen LogP contribution in [0.25, 0.3) is 0 Å². The van der Waals surface area contributed by atoms with Gasteiger partial charge in [0.15, 0.2) is 6.61 Å². The van der Waals surface area contributed by atoms with Crippen LogP contribution in [0.4, 0.5) is 0 Å². The first-order valence-corrected chi connectivity index (χ1v) is 8.30. The van der Waals surface area contributed by atoms with Crippen LogP contribution in [0.3, 0.4) is 0 Å². The highest BCUT2D eigenvalue weighted by molar-refractivity contribution is 6.71. The highest BCUT2D eigenvalue weighted by atomic mass is 28.4. The molecule has 0 saturated carbocycles. The lowest BCUT2D eigenvalue weighted by Crippen LogP contribution is -2.31. The Bertz CT molecular complexity index is 328. The van der Waals surface area contributed by atoms with Crippen molar-refractivity contribution in [2.45, 2.75) is 19.6 Å². The van der Waals surface area contributed by atoms with Crippen LogP contribution in [0, 0.1) is 0 Å². The Morgan fingerprint density at radius 1 is 1.06 bits per heavy atom. The van der Waals surface area contributed by atoms with Gasteiger partial charge in [-0.05, 0) is 19.6 Å². The van der Waals surface area contributed by atoms with Gasteiger partial charge in [-0.25, -0.2) is 14.4 Å². The predicted molar refractivity (Wildman–Crippen MR) is 61.6 cm³/mol. The summed E-state index contributed by atoms with van der Waals surface area (Å²) in [4.78, 5) is 32.8. The molecule has 6 nitrogen and oxygen atoms in total. The fourth-order valence-electron chi connectivity index (χ4n) is 0.753. The Balaban J connectivity index is 3.97. The zero-order chi connectivity index (χ0) is 13.5. The average molecular weight is 260 g/mol. The third-order valence-electron chi connectivity index (χ3n) is 1.31. The SMILES string of the molecule is COC(=O)C=CC(=O)OCC(=O)O[Si](C)(C)C. The van der Waals surface area contributed by atoms with Gasteiger partial charge in [-0.15, -0.1) is 0 Å². The van der Waals surface area contributed by atoms with E-state index in [0.29, 0.717) is 0 Å². The summed E-state index contributed by atoms with van der Waals surface area (Å²) in [5.74, 6) is -2.07. The zero-order valence-corrected chi connectivity index (χ0v) is 11.3. The van der Waals surface area contributed by atoms with Gasteiger partial charge in [-0.3, -0.25) is 0 Å². The van der Waals surface area contributed by atoms with Crippen molar-refractivity contribution in [3.05, 3.63) is 12.2 Å². The lowest BCUT2D eigenvalue weighted by Gasteiger charge is -2.16. The number of ether oxygens (including phenoxy) is 2. The summed E-state index contributed by atoms with van der Waals surface area (Å²) in [5, 5.41) is 0. The first-order valence-electron chi connectivity index (χ1n) is 4.89. The van der Waals surface area contributed by atoms with Crippen LogP contribution in [0.2, 0.25) is 19.6 Å². The van der Waals surface area contributed by atoms with Gasteiger partial charge in [-0.2, -0.15) is 0 Å². The van der Waals surface area contributed by atoms with Gasteiger partial charge < -0.3 is 13.9 Å². The molecule has 7 heteroatoms. The van der Waals surface area contributed by atoms with E-state index >= 15 is 0 Å². The molecular weight excluding hydrogens is 244 g/mol. The molecule has 0 aliphatic heterocycles. The number of esters is 2. The summed E-state index contributed by atoms with van der Waals surface area (Å²) >= 11 is 0. The molecule has 0 aromatic rings. The lowest BCUT2D eigenvalue weighted by molar-refractivity contribution is -0.150. The van der Waals surface area contributed by atoms with Gasteiger partial charge in [-0.1, -0.05) is 0 Å². The molecule has 0 spiro atoms. The van der Waals surface area contributed by atoms with Crippen LogP contribution in [-0.4, -0.2) is 39.9 Å². The molecule has 0 saturated heterocycles. The Hall–Kier alpha value is -1.63. The molecule has 0 bridgehead atoms. The average Bonchev–Trinajstić information content (AvgIpc) is 2.20. The third-order valence-corrected chi connectivity index (χ3v) is 2.15. The van der Waals surface area contributed by atoms with Crippen LogP contribution in [0.15, 0.2) is 12.2 Å². The minimum atomic E-state index is -1.97. The number of carbonyl (C=O) groups is 3. The number of methoxy groups -OCH3 is 1. The summed E-state index contributed by atoms with van der Waals surface area (Å²) in [7, 11) is -0.784. The van der Waals surface area contributed by atoms with Crippen molar-refractivity contribution >= 4 is 26.2 Å². The number of rotatable bonds is 5. The van der Waals surface area contributed by atoms with E-state index in [1.807, 2.05) is 19.6 Å². The van der Waals surface area contributed by atoms with Crippen LogP contribution in [-0.2, 0) is 28.3 Å². The molecule has 0 aliphatic carbocycles. The van der Waals surface area contributed by atoms with Crippen molar-refractivity contribution in [3.63, 3.8) is 0 Å². The van der Waals surface area contributed by atoms with Crippen LogP contribution >= 0.6 is 0 Å². The highest BCUT2D eigenvalue weighted by Gasteiger charge is 2.20. The Labute approximate surface area is 101 Å². The molecule has 0 rings (SSSR count). The van der Waals surface area contributed by atoms with Gasteiger partial charge in [0.2, 0.25) is 8.32 Å². The Morgan fingerprint density at radius 2 is 1.59 bits per heavy atom. The van der Waals surface area contributed by atoms with Crippen molar-refractivity contribution in [1.82, 2.24) is 0 Å². The van der Waals surface area contributed by atoms with Gasteiger partial charge in [0, 0.05) is 12.2 Å². The fourth-order valence-corrected chi connectivity index (χ4v) is 1.50. The minimum Gasteiger partial charge on any atom is -0.517 e. The standard InChI is InChI=1S/C10H16O6Si/c1-14-8(11)5-6-9(12)15-7-10(13)16-17(2,3)4/h5-6H,7H2,1-4H3. The van der Waals surface area contributed by atoms with Crippen molar-refractivity contribution in [2.75, 3.05) is 13.7 Å². The topological polar surface area (TPSA) is 78.9 Å². The third kappa shape index (κ3) is 9.30. The second-order valence-corrected chi connectivity index (χ2v) is 8.48. The molecule has 96 valence electrons. The van der Waals surface area contributed by atoms with Crippen molar-refractivity contribution < 1.29 is 28.3 Å². The van der Waals surface area contributed by atoms with Crippen molar-refractivity contribution in [2.24, 2.45) is 0 Å². The van der Waals surface area contributed by atoms with Gasteiger partial charge in [0.1, 0.15) is 0 Å². The maximum Gasteiger partial charge on any atom is 0.331 e. The number of carbonyl (C=O) groups excluding carboxylic acids is 3. The molecule has 0 aromatic carbocycles. The molecule has 0 aromatic heterocycles. The molecule has 0 N–H and O–H groups in total. The maximum atomic E-state index is 11.2. The molecule has 0 atom stereocenters. The summed E-state index contributed by atoms with van der Waals surface area (Å²) in [6, 6.07) is 0. The van der Waals surface area contributed by atoms with E-state index in [4.69, 9.17) is 4.43 Å². The first kappa shape index (κ1) is 15.4. The lowest BCUT2D eigenvalue weighted by atomic mass is 10.5. The monoisotopic (exact) mass is 260 g/mol. The Kier molecular flexibility index (Phi) is 6.19. The zero-order valence-electron chi connectivity index (χ0n) is 10.3. The molecule has 0 heterocycles. The van der Waals surface area contributed by atoms with E-state index in [2.05, 4.69) is 9.47 Å². The highest BCUT2D eigenvalue weighted by Crippen LogP contribution is 2.02. The molecule has 17 heavy (non-hydrogen) atoms. The van der Waals surface area contributed by atoms with Gasteiger partial charge >= 0.3 is 17.9 Å². The molecule has 0 radical (unpaired) electrons. The summed E-state index contributed by atoms with van der Waals surface area (Å²) in [6.07, 6.45) is 1.79. The molecule has 0 aliphatic rings. The van der Waals surface area contributed by atoms with E-state index in [1.54, 1.807) is 0 Å². The smallest absolute Gasteiger partial charge is 0.331 e. The second kappa shape index (κ2) is 6.84. The summed E-state index contributed by atoms with van der Waals surface area (Å²) in [5.41, 5.74) is 0. The molecular formula is C10H16O6Si. The van der Waals surface area contributed by atoms with E-state index in [1.165, 1.54) is 7.11 Å². The molecule has 0 fully saturated rings. The minimum absolute atomic E-state index is 0.464. The van der Waals surface area contributed by atoms with E-state index < -0.39 is 32.8 Å². The van der Waals surface area contributed by atoms with Crippen LogP contribution in [0.1, 0.15) is 0 Å². The van der Waals surface area contributed by atoms with E-state index in [-0.39, 0.29) is 0 Å². The Morgan fingerprint density at radius 3 is 2.06 bits per heavy atom. The van der Waals surface area contributed by atoms with Crippen molar-refractivity contribution in [3.8, 4) is 0 Å². The number of hydrogen-bond acceptors (Lipinski definition) is 6. The molecule has 0 amide bonds. The maximum absolute atomic E-state index is 11.2. The van der Waals surface area contributed by atoms with E-state index in [0.717, 1.165) is 12.2 Å². The fraction of sp³-hybridized carbons (Fsp3) is 0.500.